The minimum Gasteiger partial charge on any atom is -0.507 e. The van der Waals surface area contributed by atoms with Gasteiger partial charge in [-0.1, -0.05) is 11.6 Å². The molecule has 2 aromatic rings. The molecule has 0 amide bonds. The van der Waals surface area contributed by atoms with Crippen molar-refractivity contribution in [3.05, 3.63) is 52.6 Å². The molecule has 6 heteroatoms. The summed E-state index contributed by atoms with van der Waals surface area (Å²) in [5, 5.41) is 18.7. The Morgan fingerprint density at radius 3 is 2.67 bits per heavy atom. The van der Waals surface area contributed by atoms with Crippen LogP contribution in [0.25, 0.3) is 0 Å². The average molecular weight is 268 g/mol. The molecular formula is C12H7ClFNO3. The van der Waals surface area contributed by atoms with Crippen LogP contribution in [0.2, 0.25) is 5.02 Å². The molecule has 1 aromatic carbocycles. The number of hydrogen-bond acceptors (Lipinski definition) is 4. The van der Waals surface area contributed by atoms with E-state index in [2.05, 4.69) is 4.98 Å². The maximum atomic E-state index is 13.0. The van der Waals surface area contributed by atoms with E-state index in [-0.39, 0.29) is 22.0 Å². The quantitative estimate of drug-likeness (QED) is 0.820. The van der Waals surface area contributed by atoms with Gasteiger partial charge in [0.1, 0.15) is 17.3 Å². The molecule has 18 heavy (non-hydrogen) atoms. The van der Waals surface area contributed by atoms with Crippen molar-refractivity contribution in [3.8, 4) is 11.5 Å². The molecule has 0 spiro atoms. The molecule has 0 unspecified atom stereocenters. The Hall–Kier alpha value is -2.14. The Balaban J connectivity index is 2.53. The third-order valence-electron chi connectivity index (χ3n) is 2.28. The largest absolute Gasteiger partial charge is 0.507 e. The maximum Gasteiger partial charge on any atom is 0.218 e. The van der Waals surface area contributed by atoms with Gasteiger partial charge in [-0.05, 0) is 18.2 Å². The van der Waals surface area contributed by atoms with E-state index >= 15 is 0 Å². The molecule has 92 valence electrons. The SMILES string of the molecule is O=C(c1cc(Cl)c(F)cc1O)c1ncccc1O. The Labute approximate surface area is 106 Å². The number of phenolic OH excluding ortho intramolecular Hbond substituents is 1. The molecule has 0 saturated heterocycles. The van der Waals surface area contributed by atoms with Crippen LogP contribution in [0.3, 0.4) is 0 Å². The fraction of sp³-hybridized carbons (Fsp3) is 0. The molecule has 1 aromatic heterocycles. The maximum absolute atomic E-state index is 13.0. The number of phenols is 1. The highest BCUT2D eigenvalue weighted by Gasteiger charge is 2.20. The van der Waals surface area contributed by atoms with Crippen LogP contribution in [-0.2, 0) is 0 Å². The van der Waals surface area contributed by atoms with Gasteiger partial charge in [-0.2, -0.15) is 0 Å². The van der Waals surface area contributed by atoms with Gasteiger partial charge in [0, 0.05) is 12.3 Å². The lowest BCUT2D eigenvalue weighted by molar-refractivity contribution is 0.102. The molecule has 0 aliphatic rings. The fourth-order valence-corrected chi connectivity index (χ4v) is 1.58. The summed E-state index contributed by atoms with van der Waals surface area (Å²) in [7, 11) is 0. The molecule has 4 nitrogen and oxygen atoms in total. The van der Waals surface area contributed by atoms with Crippen molar-refractivity contribution >= 4 is 17.4 Å². The van der Waals surface area contributed by atoms with Gasteiger partial charge in [-0.3, -0.25) is 4.79 Å². The van der Waals surface area contributed by atoms with Crippen LogP contribution in [0.4, 0.5) is 4.39 Å². The molecular weight excluding hydrogens is 261 g/mol. The van der Waals surface area contributed by atoms with Crippen molar-refractivity contribution in [2.24, 2.45) is 0 Å². The van der Waals surface area contributed by atoms with Crippen LogP contribution < -0.4 is 0 Å². The fourth-order valence-electron chi connectivity index (χ4n) is 1.42. The first kappa shape index (κ1) is 12.3. The summed E-state index contributed by atoms with van der Waals surface area (Å²) in [6.45, 7) is 0. The summed E-state index contributed by atoms with van der Waals surface area (Å²) in [5.74, 6) is -2.47. The zero-order valence-electron chi connectivity index (χ0n) is 8.89. The highest BCUT2D eigenvalue weighted by molar-refractivity contribution is 6.31. The first-order chi connectivity index (χ1) is 8.50. The molecule has 0 aliphatic carbocycles. The van der Waals surface area contributed by atoms with Crippen molar-refractivity contribution in [2.75, 3.05) is 0 Å². The van der Waals surface area contributed by atoms with Crippen LogP contribution in [0.5, 0.6) is 11.5 Å². The monoisotopic (exact) mass is 267 g/mol. The normalized spacial score (nSPS) is 10.3. The number of aromatic hydroxyl groups is 2. The summed E-state index contributed by atoms with van der Waals surface area (Å²) < 4.78 is 13.0. The van der Waals surface area contributed by atoms with Gasteiger partial charge in [0.25, 0.3) is 0 Å². The molecule has 2 N–H and O–H groups in total. The lowest BCUT2D eigenvalue weighted by Crippen LogP contribution is -2.05. The van der Waals surface area contributed by atoms with Crippen molar-refractivity contribution in [1.82, 2.24) is 4.98 Å². The number of carbonyl (C=O) groups excluding carboxylic acids is 1. The number of nitrogens with zero attached hydrogens (tertiary/aromatic N) is 1. The topological polar surface area (TPSA) is 70.4 Å². The van der Waals surface area contributed by atoms with E-state index in [1.807, 2.05) is 0 Å². The van der Waals surface area contributed by atoms with Crippen LogP contribution >= 0.6 is 11.6 Å². The van der Waals surface area contributed by atoms with E-state index < -0.39 is 17.3 Å². The lowest BCUT2D eigenvalue weighted by Gasteiger charge is -2.06. The van der Waals surface area contributed by atoms with Crippen molar-refractivity contribution in [1.29, 1.82) is 0 Å². The van der Waals surface area contributed by atoms with Crippen molar-refractivity contribution in [3.63, 3.8) is 0 Å². The smallest absolute Gasteiger partial charge is 0.218 e. The van der Waals surface area contributed by atoms with E-state index in [1.165, 1.54) is 18.3 Å². The van der Waals surface area contributed by atoms with Gasteiger partial charge in [0.15, 0.2) is 5.69 Å². The van der Waals surface area contributed by atoms with Crippen LogP contribution in [-0.4, -0.2) is 21.0 Å². The predicted octanol–water partition coefficient (Wildman–Crippen LogP) is 2.52. The Bertz CT molecular complexity index is 631. The molecule has 0 bridgehead atoms. The average Bonchev–Trinajstić information content (AvgIpc) is 2.33. The van der Waals surface area contributed by atoms with Gasteiger partial charge in [0.05, 0.1) is 10.6 Å². The van der Waals surface area contributed by atoms with E-state index in [0.717, 1.165) is 12.1 Å². The third kappa shape index (κ3) is 2.12. The van der Waals surface area contributed by atoms with Crippen LogP contribution in [0.1, 0.15) is 16.1 Å². The summed E-state index contributed by atoms with van der Waals surface area (Å²) in [5.41, 5.74) is -0.467. The van der Waals surface area contributed by atoms with Gasteiger partial charge >= 0.3 is 0 Å². The molecule has 0 fully saturated rings. The minimum atomic E-state index is -0.837. The molecule has 2 rings (SSSR count). The zero-order valence-corrected chi connectivity index (χ0v) is 9.65. The van der Waals surface area contributed by atoms with E-state index in [0.29, 0.717) is 0 Å². The predicted molar refractivity (Wildman–Crippen MR) is 62.4 cm³/mol. The number of aromatic nitrogens is 1. The van der Waals surface area contributed by atoms with Gasteiger partial charge in [-0.25, -0.2) is 9.37 Å². The summed E-state index contributed by atoms with van der Waals surface area (Å²) in [6, 6.07) is 4.45. The Kier molecular flexibility index (Phi) is 3.16. The first-order valence-corrected chi connectivity index (χ1v) is 5.25. The standard InChI is InChI=1S/C12H7ClFNO3/c13-7-4-6(10(17)5-8(7)14)12(18)11-9(16)2-1-3-15-11/h1-5,16-17H. The zero-order chi connectivity index (χ0) is 13.3. The second kappa shape index (κ2) is 4.62. The van der Waals surface area contributed by atoms with Gasteiger partial charge in [-0.15, -0.1) is 0 Å². The first-order valence-electron chi connectivity index (χ1n) is 4.87. The number of ketones is 1. The highest BCUT2D eigenvalue weighted by Crippen LogP contribution is 2.28. The Morgan fingerprint density at radius 2 is 2.00 bits per heavy atom. The van der Waals surface area contributed by atoms with Gasteiger partial charge in [0.2, 0.25) is 5.78 Å². The van der Waals surface area contributed by atoms with E-state index in [9.17, 15) is 19.4 Å². The highest BCUT2D eigenvalue weighted by atomic mass is 35.5. The van der Waals surface area contributed by atoms with Crippen LogP contribution in [0.15, 0.2) is 30.5 Å². The Morgan fingerprint density at radius 1 is 1.28 bits per heavy atom. The van der Waals surface area contributed by atoms with E-state index in [4.69, 9.17) is 11.6 Å². The summed E-state index contributed by atoms with van der Waals surface area (Å²) in [4.78, 5) is 15.7. The number of rotatable bonds is 2. The molecule has 0 saturated carbocycles. The second-order valence-electron chi connectivity index (χ2n) is 3.48. The number of pyridine rings is 1. The van der Waals surface area contributed by atoms with Crippen LogP contribution in [0, 0.1) is 5.82 Å². The van der Waals surface area contributed by atoms with E-state index in [1.54, 1.807) is 0 Å². The third-order valence-corrected chi connectivity index (χ3v) is 2.57. The lowest BCUT2D eigenvalue weighted by atomic mass is 10.1. The molecule has 0 aliphatic heterocycles. The minimum absolute atomic E-state index is 0.226. The van der Waals surface area contributed by atoms with Gasteiger partial charge < -0.3 is 10.2 Å². The van der Waals surface area contributed by atoms with Crippen molar-refractivity contribution in [2.45, 2.75) is 0 Å². The number of benzene rings is 1. The molecule has 0 atom stereocenters. The summed E-state index contributed by atoms with van der Waals surface area (Å²) in [6.07, 6.45) is 1.31. The van der Waals surface area contributed by atoms with Crippen molar-refractivity contribution < 1.29 is 19.4 Å². The molecule has 1 heterocycles. The molecule has 0 radical (unpaired) electrons. The summed E-state index contributed by atoms with van der Waals surface area (Å²) >= 11 is 5.54. The number of carbonyl (C=O) groups is 1. The second-order valence-corrected chi connectivity index (χ2v) is 3.89. The number of hydrogen-bond donors (Lipinski definition) is 2. The number of halogens is 2.